The molecule has 0 saturated heterocycles. The van der Waals surface area contributed by atoms with Crippen LogP contribution < -0.4 is 9.64 Å². The number of anilines is 1. The molecule has 4 rings (SSSR count). The molecule has 0 unspecified atom stereocenters. The Morgan fingerprint density at radius 2 is 1.91 bits per heavy atom. The van der Waals surface area contributed by atoms with Gasteiger partial charge in [-0.3, -0.25) is 0 Å². The zero-order chi connectivity index (χ0) is 24.2. The number of para-hydroxylation sites is 1. The predicted molar refractivity (Wildman–Crippen MR) is 135 cm³/mol. The zero-order valence-electron chi connectivity index (χ0n) is 18.9. The molecule has 2 aromatic carbocycles. The molecule has 0 radical (unpaired) electrons. The van der Waals surface area contributed by atoms with Gasteiger partial charge in [0.25, 0.3) is 0 Å². The van der Waals surface area contributed by atoms with Gasteiger partial charge in [0, 0.05) is 42.0 Å². The van der Waals surface area contributed by atoms with Gasteiger partial charge in [0.2, 0.25) is 0 Å². The summed E-state index contributed by atoms with van der Waals surface area (Å²) >= 11 is 12.8. The van der Waals surface area contributed by atoms with E-state index in [0.717, 1.165) is 16.9 Å². The minimum Gasteiger partial charge on any atom is -0.493 e. The number of benzene rings is 2. The lowest BCUT2D eigenvalue weighted by molar-refractivity contribution is -0.0442. The minimum atomic E-state index is -1.58. The third kappa shape index (κ3) is 5.13. The molecule has 0 amide bonds. The third-order valence-electron chi connectivity index (χ3n) is 5.54. The van der Waals surface area contributed by atoms with Gasteiger partial charge in [-0.05, 0) is 38.5 Å². The average Bonchev–Trinajstić information content (AvgIpc) is 3.36. The molecule has 0 aliphatic carbocycles. The summed E-state index contributed by atoms with van der Waals surface area (Å²) in [6.45, 7) is 5.27. The predicted octanol–water partition coefficient (Wildman–Crippen LogP) is 5.39. The lowest BCUT2D eigenvalue weighted by Crippen LogP contribution is -2.33. The molecule has 0 bridgehead atoms. The molecular formula is C25H26Cl2N4O3. The van der Waals surface area contributed by atoms with Gasteiger partial charge in [-0.1, -0.05) is 41.4 Å². The van der Waals surface area contributed by atoms with E-state index in [1.54, 1.807) is 42.9 Å². The van der Waals surface area contributed by atoms with Crippen molar-refractivity contribution in [1.29, 1.82) is 0 Å². The van der Waals surface area contributed by atoms with Gasteiger partial charge < -0.3 is 24.4 Å². The van der Waals surface area contributed by atoms with Gasteiger partial charge in [-0.25, -0.2) is 9.97 Å². The van der Waals surface area contributed by atoms with Crippen LogP contribution in [0.4, 0.5) is 5.82 Å². The number of aliphatic hydroxyl groups excluding tert-OH is 1. The molecule has 0 aliphatic rings. The number of imidazole rings is 1. The van der Waals surface area contributed by atoms with E-state index in [0.29, 0.717) is 46.4 Å². The average molecular weight is 501 g/mol. The minimum absolute atomic E-state index is 0.157. The van der Waals surface area contributed by atoms with Crippen molar-refractivity contribution in [1.82, 2.24) is 14.5 Å². The Bertz CT molecular complexity index is 1260. The Morgan fingerprint density at radius 3 is 2.62 bits per heavy atom. The lowest BCUT2D eigenvalue weighted by Gasteiger charge is -2.29. The van der Waals surface area contributed by atoms with Crippen LogP contribution in [0.15, 0.2) is 61.2 Å². The van der Waals surface area contributed by atoms with Crippen LogP contribution in [0.25, 0.3) is 16.6 Å². The van der Waals surface area contributed by atoms with Crippen molar-refractivity contribution in [3.05, 3.63) is 76.8 Å². The van der Waals surface area contributed by atoms with E-state index in [9.17, 15) is 10.2 Å². The highest BCUT2D eigenvalue weighted by Gasteiger charge is 2.18. The van der Waals surface area contributed by atoms with E-state index in [4.69, 9.17) is 32.9 Å². The number of hydrogen-bond donors (Lipinski definition) is 2. The number of pyridine rings is 1. The lowest BCUT2D eigenvalue weighted by atomic mass is 10.1. The second-order valence-corrected chi connectivity index (χ2v) is 8.91. The van der Waals surface area contributed by atoms with Crippen LogP contribution in [0.2, 0.25) is 10.0 Å². The first-order chi connectivity index (χ1) is 16.4. The van der Waals surface area contributed by atoms with Gasteiger partial charge in [-0.15, -0.1) is 0 Å². The van der Waals surface area contributed by atoms with Crippen molar-refractivity contribution in [2.75, 3.05) is 18.1 Å². The molecule has 178 valence electrons. The molecule has 2 N–H and O–H groups in total. The summed E-state index contributed by atoms with van der Waals surface area (Å²) in [4.78, 5) is 11.2. The van der Waals surface area contributed by atoms with Crippen LogP contribution >= 0.6 is 23.2 Å². The molecule has 34 heavy (non-hydrogen) atoms. The van der Waals surface area contributed by atoms with E-state index >= 15 is 0 Å². The number of aromatic nitrogens is 3. The summed E-state index contributed by atoms with van der Waals surface area (Å²) in [5.74, 6) is 1.22. The number of rotatable bonds is 9. The first-order valence-electron chi connectivity index (χ1n) is 11.0. The van der Waals surface area contributed by atoms with E-state index in [1.165, 1.54) is 0 Å². The SMILES string of the molecule is CC(C)N(CCCOc1ccccc1C(O)O)c1cc(-n2ccnc2)c2ccc(Cl)c(Cl)c2n1. The molecular weight excluding hydrogens is 475 g/mol. The van der Waals surface area contributed by atoms with Gasteiger partial charge in [0.1, 0.15) is 11.6 Å². The van der Waals surface area contributed by atoms with Crippen LogP contribution in [-0.4, -0.2) is 43.9 Å². The summed E-state index contributed by atoms with van der Waals surface area (Å²) in [5, 5.41) is 20.8. The first-order valence-corrected chi connectivity index (χ1v) is 11.7. The molecule has 0 spiro atoms. The summed E-state index contributed by atoms with van der Waals surface area (Å²) in [6.07, 6.45) is 4.45. The van der Waals surface area contributed by atoms with E-state index in [1.807, 2.05) is 22.9 Å². The molecule has 0 fully saturated rings. The molecule has 0 atom stereocenters. The molecule has 2 aromatic heterocycles. The maximum atomic E-state index is 9.54. The van der Waals surface area contributed by atoms with Crippen LogP contribution in [0.3, 0.4) is 0 Å². The van der Waals surface area contributed by atoms with Gasteiger partial charge in [0.15, 0.2) is 6.29 Å². The molecule has 4 aromatic rings. The Morgan fingerprint density at radius 1 is 1.12 bits per heavy atom. The second-order valence-electron chi connectivity index (χ2n) is 8.13. The fourth-order valence-corrected chi connectivity index (χ4v) is 4.20. The van der Waals surface area contributed by atoms with Gasteiger partial charge in [-0.2, -0.15) is 0 Å². The Kier molecular flexibility index (Phi) is 7.58. The number of halogens is 2. The summed E-state index contributed by atoms with van der Waals surface area (Å²) in [7, 11) is 0. The van der Waals surface area contributed by atoms with Crippen LogP contribution in [0, 0.1) is 0 Å². The molecule has 9 heteroatoms. The normalized spacial score (nSPS) is 11.5. The Hall–Kier alpha value is -2.84. The van der Waals surface area contributed by atoms with Crippen LogP contribution in [0.5, 0.6) is 5.75 Å². The Labute approximate surface area is 208 Å². The van der Waals surface area contributed by atoms with Crippen LogP contribution in [-0.2, 0) is 0 Å². The van der Waals surface area contributed by atoms with E-state index in [-0.39, 0.29) is 6.04 Å². The first kappa shape index (κ1) is 24.3. The third-order valence-corrected chi connectivity index (χ3v) is 6.33. The molecule has 7 nitrogen and oxygen atoms in total. The van der Waals surface area contributed by atoms with Crippen molar-refractivity contribution in [3.63, 3.8) is 0 Å². The number of fused-ring (bicyclic) bond motifs is 1. The fraction of sp³-hybridized carbons (Fsp3) is 0.280. The highest BCUT2D eigenvalue weighted by Crippen LogP contribution is 2.35. The van der Waals surface area contributed by atoms with Crippen molar-refractivity contribution >= 4 is 39.9 Å². The van der Waals surface area contributed by atoms with Crippen molar-refractivity contribution < 1.29 is 14.9 Å². The largest absolute Gasteiger partial charge is 0.493 e. The van der Waals surface area contributed by atoms with Crippen molar-refractivity contribution in [3.8, 4) is 11.4 Å². The summed E-state index contributed by atoms with van der Waals surface area (Å²) < 4.78 is 7.76. The van der Waals surface area contributed by atoms with Crippen molar-refractivity contribution in [2.45, 2.75) is 32.6 Å². The molecule has 2 heterocycles. The highest BCUT2D eigenvalue weighted by atomic mass is 35.5. The maximum absolute atomic E-state index is 9.54. The topological polar surface area (TPSA) is 83.6 Å². The smallest absolute Gasteiger partial charge is 0.182 e. The molecule has 0 saturated carbocycles. The highest BCUT2D eigenvalue weighted by molar-refractivity contribution is 6.45. The number of aliphatic hydroxyl groups is 2. The fourth-order valence-electron chi connectivity index (χ4n) is 3.84. The summed E-state index contributed by atoms with van der Waals surface area (Å²) in [6, 6.07) is 12.8. The number of hydrogen-bond acceptors (Lipinski definition) is 6. The van der Waals surface area contributed by atoms with E-state index < -0.39 is 6.29 Å². The number of ether oxygens (including phenoxy) is 1. The summed E-state index contributed by atoms with van der Waals surface area (Å²) in [5.41, 5.74) is 1.88. The molecule has 0 aliphatic heterocycles. The van der Waals surface area contributed by atoms with Gasteiger partial charge >= 0.3 is 0 Å². The zero-order valence-corrected chi connectivity index (χ0v) is 20.4. The quantitative estimate of drug-likeness (QED) is 0.236. The standard InChI is InChI=1S/C25H26Cl2N4O3/c1-16(2)31(11-5-13-34-21-7-4-3-6-18(21)25(32)33)22-14-20(30-12-10-28-15-30)17-8-9-19(26)23(27)24(17)29-22/h3-4,6-10,12,14-16,25,32-33H,5,11,13H2,1-2H3. The van der Waals surface area contributed by atoms with Crippen molar-refractivity contribution in [2.24, 2.45) is 0 Å². The second kappa shape index (κ2) is 10.6. The van der Waals surface area contributed by atoms with E-state index in [2.05, 4.69) is 23.7 Å². The van der Waals surface area contributed by atoms with Gasteiger partial charge in [0.05, 0.1) is 34.2 Å². The van der Waals surface area contributed by atoms with Crippen LogP contribution in [0.1, 0.15) is 32.1 Å². The Balaban J connectivity index is 1.60. The monoisotopic (exact) mass is 500 g/mol. The number of nitrogens with zero attached hydrogens (tertiary/aromatic N) is 4. The maximum Gasteiger partial charge on any atom is 0.182 e.